The average Bonchev–Trinajstić information content (AvgIpc) is 2.56. The van der Waals surface area contributed by atoms with Crippen molar-refractivity contribution in [3.63, 3.8) is 0 Å². The van der Waals surface area contributed by atoms with Crippen LogP contribution in [0.1, 0.15) is 18.5 Å². The molecular weight excluding hydrogens is 304 g/mol. The van der Waals surface area contributed by atoms with Gasteiger partial charge in [0.25, 0.3) is 5.69 Å². The molecule has 1 aromatic heterocycles. The van der Waals surface area contributed by atoms with E-state index in [1.165, 1.54) is 6.07 Å². The molecule has 0 atom stereocenters. The van der Waals surface area contributed by atoms with E-state index in [0.717, 1.165) is 49.2 Å². The number of hydrogen-bond donors (Lipinski definition) is 1. The van der Waals surface area contributed by atoms with E-state index in [1.807, 2.05) is 25.1 Å². The number of fused-ring (bicyclic) bond motifs is 1. The zero-order chi connectivity index (χ0) is 17.1. The minimum absolute atomic E-state index is 0.0556. The number of non-ortho nitro benzene ring substituents is 1. The van der Waals surface area contributed by atoms with Crippen LogP contribution in [0.2, 0.25) is 0 Å². The van der Waals surface area contributed by atoms with Crippen LogP contribution in [0.3, 0.4) is 0 Å². The summed E-state index contributed by atoms with van der Waals surface area (Å²) in [6, 6.07) is 7.46. The molecule has 1 aliphatic heterocycles. The number of nitro benzene ring substituents is 1. The van der Waals surface area contributed by atoms with Crippen molar-refractivity contribution in [1.29, 1.82) is 0 Å². The third-order valence-electron chi connectivity index (χ3n) is 4.48. The van der Waals surface area contributed by atoms with Gasteiger partial charge < -0.3 is 5.32 Å². The fourth-order valence-corrected chi connectivity index (χ4v) is 3.29. The smallest absolute Gasteiger partial charge is 0.295 e. The summed E-state index contributed by atoms with van der Waals surface area (Å²) in [5, 5.41) is 15.6. The minimum atomic E-state index is -0.369. The Balaban J connectivity index is 1.86. The quantitative estimate of drug-likeness (QED) is 0.517. The maximum Gasteiger partial charge on any atom is 0.295 e. The highest BCUT2D eigenvalue weighted by Crippen LogP contribution is 2.31. The van der Waals surface area contributed by atoms with Gasteiger partial charge >= 0.3 is 0 Å². The number of nitrogens with one attached hydrogen (secondary N) is 1. The summed E-state index contributed by atoms with van der Waals surface area (Å²) < 4.78 is 0. The molecule has 24 heavy (non-hydrogen) atoms. The predicted molar refractivity (Wildman–Crippen MR) is 96.4 cm³/mol. The third-order valence-corrected chi connectivity index (χ3v) is 4.48. The van der Waals surface area contributed by atoms with Gasteiger partial charge in [-0.15, -0.1) is 6.58 Å². The van der Waals surface area contributed by atoms with Gasteiger partial charge in [0.05, 0.1) is 4.92 Å². The first-order valence-electron chi connectivity index (χ1n) is 8.23. The van der Waals surface area contributed by atoms with Gasteiger partial charge in [0.15, 0.2) is 5.52 Å². The van der Waals surface area contributed by atoms with Crippen LogP contribution in [0, 0.1) is 17.0 Å². The van der Waals surface area contributed by atoms with Crippen molar-refractivity contribution in [1.82, 2.24) is 9.88 Å². The number of rotatable bonds is 5. The van der Waals surface area contributed by atoms with Gasteiger partial charge in [-0.3, -0.25) is 15.0 Å². The van der Waals surface area contributed by atoms with Crippen LogP contribution in [0.5, 0.6) is 0 Å². The molecule has 1 fully saturated rings. The molecular formula is C18H22N4O2. The Labute approximate surface area is 141 Å². The molecule has 0 aliphatic carbocycles. The standard InChI is InChI=1S/C18H22N4O2/c1-3-9-21-10-7-14(8-11-21)20-16-12-13(2)19-18-15(16)5-4-6-17(18)22(23)24/h3-6,12,14H,1,7-11H2,2H3,(H,19,20). The molecule has 2 aromatic rings. The van der Waals surface area contributed by atoms with Gasteiger partial charge in [-0.1, -0.05) is 18.2 Å². The van der Waals surface area contributed by atoms with Crippen molar-refractivity contribution < 1.29 is 4.92 Å². The Morgan fingerprint density at radius 3 is 2.88 bits per heavy atom. The average molecular weight is 326 g/mol. The lowest BCUT2D eigenvalue weighted by molar-refractivity contribution is -0.383. The number of piperidine rings is 1. The minimum Gasteiger partial charge on any atom is -0.382 e. The molecule has 0 bridgehead atoms. The van der Waals surface area contributed by atoms with Gasteiger partial charge in [-0.2, -0.15) is 0 Å². The van der Waals surface area contributed by atoms with Gasteiger partial charge in [-0.05, 0) is 25.8 Å². The lowest BCUT2D eigenvalue weighted by Crippen LogP contribution is -2.39. The van der Waals surface area contributed by atoms with E-state index in [9.17, 15) is 10.1 Å². The number of nitrogens with zero attached hydrogens (tertiary/aromatic N) is 3. The first kappa shape index (κ1) is 16.4. The third kappa shape index (κ3) is 3.38. The number of anilines is 1. The van der Waals surface area contributed by atoms with Crippen LogP contribution in [0.4, 0.5) is 11.4 Å². The SMILES string of the molecule is C=CCN1CCC(Nc2cc(C)nc3c([N+](=O)[O-])cccc23)CC1. The van der Waals surface area contributed by atoms with E-state index in [1.54, 1.807) is 6.07 Å². The fraction of sp³-hybridized carbons (Fsp3) is 0.389. The summed E-state index contributed by atoms with van der Waals surface area (Å²) in [5.41, 5.74) is 2.22. The summed E-state index contributed by atoms with van der Waals surface area (Å²) in [6.45, 7) is 8.65. The van der Waals surface area contributed by atoms with E-state index >= 15 is 0 Å². The van der Waals surface area contributed by atoms with E-state index < -0.39 is 0 Å². The molecule has 0 saturated carbocycles. The van der Waals surface area contributed by atoms with Crippen molar-refractivity contribution in [2.75, 3.05) is 25.0 Å². The number of para-hydroxylation sites is 1. The summed E-state index contributed by atoms with van der Waals surface area (Å²) in [5.74, 6) is 0. The van der Waals surface area contributed by atoms with Crippen molar-refractivity contribution in [2.45, 2.75) is 25.8 Å². The van der Waals surface area contributed by atoms with Crippen LogP contribution in [-0.4, -0.2) is 40.5 Å². The molecule has 0 spiro atoms. The van der Waals surface area contributed by atoms with Crippen LogP contribution < -0.4 is 5.32 Å². The molecule has 6 heteroatoms. The van der Waals surface area contributed by atoms with Crippen molar-refractivity contribution in [2.24, 2.45) is 0 Å². The highest BCUT2D eigenvalue weighted by Gasteiger charge is 2.20. The number of pyridine rings is 1. The van der Waals surface area contributed by atoms with Crippen molar-refractivity contribution in [3.05, 3.63) is 52.7 Å². The molecule has 0 amide bonds. The molecule has 1 aromatic carbocycles. The van der Waals surface area contributed by atoms with Gasteiger partial charge in [0.1, 0.15) is 0 Å². The summed E-state index contributed by atoms with van der Waals surface area (Å²) in [7, 11) is 0. The zero-order valence-electron chi connectivity index (χ0n) is 13.9. The molecule has 0 unspecified atom stereocenters. The Morgan fingerprint density at radius 1 is 1.46 bits per heavy atom. The highest BCUT2D eigenvalue weighted by molar-refractivity contribution is 5.96. The largest absolute Gasteiger partial charge is 0.382 e. The Morgan fingerprint density at radius 2 is 2.21 bits per heavy atom. The van der Waals surface area contributed by atoms with Gasteiger partial charge in [-0.25, -0.2) is 4.98 Å². The fourth-order valence-electron chi connectivity index (χ4n) is 3.29. The van der Waals surface area contributed by atoms with E-state index in [4.69, 9.17) is 0 Å². The molecule has 1 N–H and O–H groups in total. The number of likely N-dealkylation sites (tertiary alicyclic amines) is 1. The lowest BCUT2D eigenvalue weighted by Gasteiger charge is -2.32. The molecule has 3 rings (SSSR count). The van der Waals surface area contributed by atoms with Crippen molar-refractivity contribution in [3.8, 4) is 0 Å². The molecule has 126 valence electrons. The number of hydrogen-bond acceptors (Lipinski definition) is 5. The monoisotopic (exact) mass is 326 g/mol. The maximum absolute atomic E-state index is 11.3. The van der Waals surface area contributed by atoms with E-state index in [0.29, 0.717) is 11.6 Å². The maximum atomic E-state index is 11.3. The second-order valence-electron chi connectivity index (χ2n) is 6.25. The molecule has 0 radical (unpaired) electrons. The van der Waals surface area contributed by atoms with Crippen LogP contribution in [0.15, 0.2) is 36.9 Å². The first-order valence-corrected chi connectivity index (χ1v) is 8.23. The van der Waals surface area contributed by atoms with Crippen LogP contribution >= 0.6 is 0 Å². The number of nitro groups is 1. The Kier molecular flexibility index (Phi) is 4.76. The van der Waals surface area contributed by atoms with Gasteiger partial charge in [0, 0.05) is 48.5 Å². The molecule has 1 saturated heterocycles. The van der Waals surface area contributed by atoms with Gasteiger partial charge in [0.2, 0.25) is 0 Å². The topological polar surface area (TPSA) is 71.3 Å². The summed E-state index contributed by atoms with van der Waals surface area (Å²) >= 11 is 0. The number of aromatic nitrogens is 1. The van der Waals surface area contributed by atoms with E-state index in [2.05, 4.69) is 21.8 Å². The van der Waals surface area contributed by atoms with E-state index in [-0.39, 0.29) is 10.6 Å². The molecule has 6 nitrogen and oxygen atoms in total. The Hall–Kier alpha value is -2.47. The second kappa shape index (κ2) is 6.97. The molecule has 1 aliphatic rings. The van der Waals surface area contributed by atoms with Crippen molar-refractivity contribution >= 4 is 22.3 Å². The second-order valence-corrected chi connectivity index (χ2v) is 6.25. The number of aryl methyl sites for hydroxylation is 1. The summed E-state index contributed by atoms with van der Waals surface area (Å²) in [4.78, 5) is 17.7. The number of benzene rings is 1. The zero-order valence-corrected chi connectivity index (χ0v) is 13.9. The Bertz CT molecular complexity index is 767. The normalized spacial score (nSPS) is 16.2. The first-order chi connectivity index (χ1) is 11.6. The molecule has 2 heterocycles. The summed E-state index contributed by atoms with van der Waals surface area (Å²) in [6.07, 6.45) is 4.03. The predicted octanol–water partition coefficient (Wildman–Crippen LogP) is 3.51. The lowest BCUT2D eigenvalue weighted by atomic mass is 10.0. The van der Waals surface area contributed by atoms with Crippen LogP contribution in [-0.2, 0) is 0 Å². The van der Waals surface area contributed by atoms with Crippen LogP contribution in [0.25, 0.3) is 10.9 Å². The highest BCUT2D eigenvalue weighted by atomic mass is 16.6.